The Hall–Kier alpha value is -5.27. The number of aromatic nitrogens is 4. The Bertz CT molecular complexity index is 2100. The number of carbonyl (C=O) groups excluding carboxylic acids is 3. The molecule has 51 heavy (non-hydrogen) atoms. The third-order valence-electron chi connectivity index (χ3n) is 9.87. The van der Waals surface area contributed by atoms with Crippen LogP contribution in [-0.2, 0) is 16.1 Å². The lowest BCUT2D eigenvalue weighted by Crippen LogP contribution is -2.52. The van der Waals surface area contributed by atoms with Gasteiger partial charge in [-0.05, 0) is 98.6 Å². The number of fused-ring (bicyclic) bond motifs is 2. The molecule has 3 aliphatic rings. The van der Waals surface area contributed by atoms with Crippen LogP contribution in [0.25, 0.3) is 22.3 Å². The Labute approximate surface area is 299 Å². The molecule has 2 aromatic heterocycles. The van der Waals surface area contributed by atoms with Gasteiger partial charge in [0.15, 0.2) is 5.65 Å². The number of likely N-dealkylation sites (tertiary alicyclic amines) is 1. The minimum absolute atomic E-state index is 0.138. The van der Waals surface area contributed by atoms with Crippen molar-refractivity contribution in [3.05, 3.63) is 90.3 Å². The van der Waals surface area contributed by atoms with Crippen LogP contribution in [0, 0.1) is 0 Å². The number of para-hydroxylation sites is 1. The maximum Gasteiger partial charge on any atom is 0.255 e. The summed E-state index contributed by atoms with van der Waals surface area (Å²) in [5.74, 6) is 2.00. The van der Waals surface area contributed by atoms with Gasteiger partial charge in [0.05, 0.1) is 11.4 Å². The number of thioether (sulfide) groups is 1. The second kappa shape index (κ2) is 14.2. The number of ether oxygens (including phenoxy) is 1. The summed E-state index contributed by atoms with van der Waals surface area (Å²) >= 11 is 1.75. The summed E-state index contributed by atoms with van der Waals surface area (Å²) in [7, 11) is 0. The van der Waals surface area contributed by atoms with E-state index in [0.29, 0.717) is 24.3 Å². The van der Waals surface area contributed by atoms with E-state index in [1.54, 1.807) is 16.7 Å². The van der Waals surface area contributed by atoms with Crippen LogP contribution in [0.2, 0.25) is 0 Å². The zero-order valence-electron chi connectivity index (χ0n) is 28.0. The predicted molar refractivity (Wildman–Crippen MR) is 194 cm³/mol. The molecule has 3 aromatic carbocycles. The standard InChI is InChI=1S/C38H38N8O4S/c39-35-33-34(24-12-14-27(15-13-24)50-26-8-2-1-3-9-26)43-46(36(33)41-23-40-35)25-7-5-18-44(21-25)19-6-20-51-31-11-4-10-28-29(31)22-45(38(28)49)30-16-17-32(47)42-37(30)48/h1-4,8-15,23,25,30H,5-7,16-22H2,(H2,39,40,41)(H,42,47,48). The Morgan fingerprint density at radius 1 is 0.941 bits per heavy atom. The predicted octanol–water partition coefficient (Wildman–Crippen LogP) is 5.45. The molecule has 5 heterocycles. The molecule has 13 heteroatoms. The smallest absolute Gasteiger partial charge is 0.255 e. The van der Waals surface area contributed by atoms with Crippen molar-refractivity contribution in [2.45, 2.75) is 55.6 Å². The number of anilines is 1. The molecule has 12 nitrogen and oxygen atoms in total. The third kappa shape index (κ3) is 6.66. The molecule has 2 fully saturated rings. The molecule has 3 N–H and O–H groups in total. The molecule has 0 saturated carbocycles. The molecule has 2 saturated heterocycles. The molecule has 0 spiro atoms. The maximum absolute atomic E-state index is 13.2. The van der Waals surface area contributed by atoms with Gasteiger partial charge in [-0.15, -0.1) is 11.8 Å². The quantitative estimate of drug-likeness (QED) is 0.109. The van der Waals surface area contributed by atoms with Crippen molar-refractivity contribution in [2.24, 2.45) is 0 Å². The molecule has 260 valence electrons. The van der Waals surface area contributed by atoms with E-state index in [0.717, 1.165) is 88.9 Å². The molecule has 0 aliphatic carbocycles. The van der Waals surface area contributed by atoms with Gasteiger partial charge in [-0.3, -0.25) is 19.7 Å². The maximum atomic E-state index is 13.2. The lowest BCUT2D eigenvalue weighted by atomic mass is 10.0. The monoisotopic (exact) mass is 702 g/mol. The van der Waals surface area contributed by atoms with Crippen LogP contribution in [0.4, 0.5) is 5.82 Å². The first-order chi connectivity index (χ1) is 24.9. The number of piperidine rings is 2. The minimum atomic E-state index is -0.613. The summed E-state index contributed by atoms with van der Waals surface area (Å²) in [5, 5.41) is 8.24. The molecular weight excluding hydrogens is 665 g/mol. The van der Waals surface area contributed by atoms with Gasteiger partial charge in [0.2, 0.25) is 11.8 Å². The largest absolute Gasteiger partial charge is 0.457 e. The van der Waals surface area contributed by atoms with E-state index >= 15 is 0 Å². The highest BCUT2D eigenvalue weighted by molar-refractivity contribution is 7.99. The van der Waals surface area contributed by atoms with Gasteiger partial charge in [0.1, 0.15) is 35.4 Å². The summed E-state index contributed by atoms with van der Waals surface area (Å²) in [6.07, 6.45) is 5.12. The van der Waals surface area contributed by atoms with E-state index in [1.807, 2.05) is 71.4 Å². The van der Waals surface area contributed by atoms with E-state index in [2.05, 4.69) is 26.3 Å². The van der Waals surface area contributed by atoms with E-state index in [-0.39, 0.29) is 30.2 Å². The summed E-state index contributed by atoms with van der Waals surface area (Å²) in [5.41, 5.74) is 10.5. The number of carbonyl (C=O) groups is 3. The molecular formula is C38H38N8O4S. The Morgan fingerprint density at radius 2 is 1.76 bits per heavy atom. The van der Waals surface area contributed by atoms with E-state index in [4.69, 9.17) is 15.6 Å². The number of nitrogen functional groups attached to an aromatic ring is 1. The lowest BCUT2D eigenvalue weighted by Gasteiger charge is -2.33. The fourth-order valence-electron chi connectivity index (χ4n) is 7.35. The summed E-state index contributed by atoms with van der Waals surface area (Å²) in [6.45, 7) is 3.19. The second-order valence-corrected chi connectivity index (χ2v) is 14.3. The number of hydrogen-bond donors (Lipinski definition) is 2. The van der Waals surface area contributed by atoms with Crippen molar-refractivity contribution < 1.29 is 19.1 Å². The van der Waals surface area contributed by atoms with Crippen molar-refractivity contribution in [1.29, 1.82) is 0 Å². The van der Waals surface area contributed by atoms with Crippen LogP contribution in [0.1, 0.15) is 54.1 Å². The lowest BCUT2D eigenvalue weighted by molar-refractivity contribution is -0.136. The molecule has 2 unspecified atom stereocenters. The third-order valence-corrected chi connectivity index (χ3v) is 11.1. The van der Waals surface area contributed by atoms with E-state index < -0.39 is 6.04 Å². The fourth-order valence-corrected chi connectivity index (χ4v) is 8.37. The highest BCUT2D eigenvalue weighted by atomic mass is 32.2. The zero-order valence-corrected chi connectivity index (χ0v) is 28.8. The van der Waals surface area contributed by atoms with Crippen LogP contribution in [0.3, 0.4) is 0 Å². The molecule has 3 aliphatic heterocycles. The molecule has 8 rings (SSSR count). The van der Waals surface area contributed by atoms with Crippen LogP contribution < -0.4 is 15.8 Å². The first-order valence-electron chi connectivity index (χ1n) is 17.4. The van der Waals surface area contributed by atoms with Crippen molar-refractivity contribution in [3.8, 4) is 22.8 Å². The second-order valence-electron chi connectivity index (χ2n) is 13.2. The van der Waals surface area contributed by atoms with Crippen molar-refractivity contribution in [2.75, 3.05) is 31.1 Å². The number of nitrogens with zero attached hydrogens (tertiary/aromatic N) is 6. The van der Waals surface area contributed by atoms with Crippen LogP contribution in [0.5, 0.6) is 11.5 Å². The summed E-state index contributed by atoms with van der Waals surface area (Å²) in [6, 6.07) is 22.9. The zero-order chi connectivity index (χ0) is 34.9. The topological polar surface area (TPSA) is 149 Å². The van der Waals surface area contributed by atoms with Crippen molar-refractivity contribution >= 4 is 46.3 Å². The summed E-state index contributed by atoms with van der Waals surface area (Å²) < 4.78 is 8.03. The Balaban J connectivity index is 0.914. The van der Waals surface area contributed by atoms with E-state index in [9.17, 15) is 14.4 Å². The normalized spacial score (nSPS) is 19.4. The molecule has 5 aromatic rings. The number of hydrogen-bond acceptors (Lipinski definition) is 10. The van der Waals surface area contributed by atoms with Gasteiger partial charge in [-0.2, -0.15) is 5.10 Å². The number of nitrogens with one attached hydrogen (secondary N) is 1. The first-order valence-corrected chi connectivity index (χ1v) is 18.4. The van der Waals surface area contributed by atoms with Gasteiger partial charge in [-0.1, -0.05) is 24.3 Å². The van der Waals surface area contributed by atoms with Gasteiger partial charge in [0.25, 0.3) is 5.91 Å². The molecule has 0 radical (unpaired) electrons. The molecule has 2 atom stereocenters. The van der Waals surface area contributed by atoms with Gasteiger partial charge >= 0.3 is 0 Å². The Kier molecular flexibility index (Phi) is 9.13. The number of amides is 3. The highest BCUT2D eigenvalue weighted by Gasteiger charge is 2.40. The molecule has 0 bridgehead atoms. The van der Waals surface area contributed by atoms with E-state index in [1.165, 1.54) is 6.33 Å². The van der Waals surface area contributed by atoms with Crippen LogP contribution in [0.15, 0.2) is 84.0 Å². The fraction of sp³-hybridized carbons (Fsp3) is 0.316. The highest BCUT2D eigenvalue weighted by Crippen LogP contribution is 2.37. The van der Waals surface area contributed by atoms with Gasteiger partial charge in [-0.25, -0.2) is 14.6 Å². The first kappa shape index (κ1) is 32.9. The number of imide groups is 1. The molecule has 3 amide bonds. The minimum Gasteiger partial charge on any atom is -0.457 e. The average molecular weight is 703 g/mol. The van der Waals surface area contributed by atoms with Crippen molar-refractivity contribution in [3.63, 3.8) is 0 Å². The number of rotatable bonds is 10. The Morgan fingerprint density at radius 3 is 2.59 bits per heavy atom. The van der Waals surface area contributed by atoms with Crippen LogP contribution in [-0.4, -0.2) is 78.7 Å². The number of benzene rings is 3. The van der Waals surface area contributed by atoms with Crippen LogP contribution >= 0.6 is 11.8 Å². The average Bonchev–Trinajstić information content (AvgIpc) is 3.70. The van der Waals surface area contributed by atoms with Crippen molar-refractivity contribution in [1.82, 2.24) is 34.9 Å². The number of nitrogens with two attached hydrogens (primary N) is 1. The van der Waals surface area contributed by atoms with Gasteiger partial charge in [0, 0.05) is 35.5 Å². The SMILES string of the molecule is Nc1ncnc2c1c(-c1ccc(Oc3ccccc3)cc1)nn2C1CCCN(CCCSc2cccc3c2CN(C2CCC(=O)NC2=O)C3=O)C1. The summed E-state index contributed by atoms with van der Waals surface area (Å²) in [4.78, 5) is 51.5. The van der Waals surface area contributed by atoms with Gasteiger partial charge < -0.3 is 20.3 Å².